The van der Waals surface area contributed by atoms with Gasteiger partial charge in [0.2, 0.25) is 5.90 Å². The molecule has 3 aromatic carbocycles. The highest BCUT2D eigenvalue weighted by atomic mass is 16.5. The lowest BCUT2D eigenvalue weighted by Gasteiger charge is -2.25. The lowest BCUT2D eigenvalue weighted by molar-refractivity contribution is 0.135. The van der Waals surface area contributed by atoms with E-state index in [2.05, 4.69) is 19.1 Å². The summed E-state index contributed by atoms with van der Waals surface area (Å²) in [6.07, 6.45) is 0. The van der Waals surface area contributed by atoms with Gasteiger partial charge in [-0.2, -0.15) is 0 Å². The summed E-state index contributed by atoms with van der Waals surface area (Å²) in [6, 6.07) is 26.1. The molecule has 124 valence electrons. The zero-order chi connectivity index (χ0) is 17.3. The maximum atomic E-state index is 6.40. The summed E-state index contributed by atoms with van der Waals surface area (Å²) in [5.74, 6) is 1.45. The maximum absolute atomic E-state index is 6.40. The van der Waals surface area contributed by atoms with Gasteiger partial charge < -0.3 is 9.47 Å². The van der Waals surface area contributed by atoms with Crippen LogP contribution < -0.4 is 4.74 Å². The van der Waals surface area contributed by atoms with Crippen LogP contribution in [-0.2, 0) is 10.3 Å². The van der Waals surface area contributed by atoms with Gasteiger partial charge in [0.25, 0.3) is 0 Å². The third-order valence-corrected chi connectivity index (χ3v) is 4.58. The number of fused-ring (bicyclic) bond motifs is 1. The van der Waals surface area contributed by atoms with Crippen LogP contribution in [0, 0.1) is 0 Å². The van der Waals surface area contributed by atoms with Crippen molar-refractivity contribution in [1.29, 1.82) is 0 Å². The quantitative estimate of drug-likeness (QED) is 0.672. The molecule has 0 bridgehead atoms. The Bertz CT molecular complexity index is 919. The standard InChI is InChI=1S/C22H19NO2/c1-22(16-9-5-3-6-10-16)20-15-18(24-2)13-14-19(20)21(25-22)23-17-11-7-4-8-12-17/h3-15H,1-2H3. The van der Waals surface area contributed by atoms with Crippen molar-refractivity contribution >= 4 is 11.6 Å². The number of hydrogen-bond donors (Lipinski definition) is 0. The first-order valence-corrected chi connectivity index (χ1v) is 8.28. The molecule has 0 saturated heterocycles. The molecule has 1 unspecified atom stereocenters. The number of rotatable bonds is 3. The molecule has 1 atom stereocenters. The Morgan fingerprint density at radius 3 is 2.24 bits per heavy atom. The van der Waals surface area contributed by atoms with Crippen LogP contribution in [0.1, 0.15) is 23.6 Å². The Morgan fingerprint density at radius 1 is 0.880 bits per heavy atom. The number of para-hydroxylation sites is 1. The van der Waals surface area contributed by atoms with E-state index in [1.54, 1.807) is 7.11 Å². The number of ether oxygens (including phenoxy) is 2. The van der Waals surface area contributed by atoms with Crippen molar-refractivity contribution in [3.8, 4) is 5.75 Å². The number of nitrogens with zero attached hydrogens (tertiary/aromatic N) is 1. The van der Waals surface area contributed by atoms with Crippen molar-refractivity contribution in [2.45, 2.75) is 12.5 Å². The molecule has 3 nitrogen and oxygen atoms in total. The SMILES string of the molecule is COc1ccc2c(c1)C(C)(c1ccccc1)OC2=Nc1ccccc1. The number of methoxy groups -OCH3 is 1. The molecule has 25 heavy (non-hydrogen) atoms. The van der Waals surface area contributed by atoms with Crippen molar-refractivity contribution in [2.24, 2.45) is 4.99 Å². The van der Waals surface area contributed by atoms with Crippen LogP contribution in [0.25, 0.3) is 0 Å². The summed E-state index contributed by atoms with van der Waals surface area (Å²) in [6.45, 7) is 2.08. The van der Waals surface area contributed by atoms with Gasteiger partial charge in [-0.05, 0) is 42.8 Å². The lowest BCUT2D eigenvalue weighted by atomic mass is 9.87. The van der Waals surface area contributed by atoms with Gasteiger partial charge in [0.05, 0.1) is 12.8 Å². The van der Waals surface area contributed by atoms with E-state index < -0.39 is 5.60 Å². The van der Waals surface area contributed by atoms with E-state index in [1.165, 1.54) is 0 Å². The zero-order valence-electron chi connectivity index (χ0n) is 14.3. The first-order valence-electron chi connectivity index (χ1n) is 8.28. The molecule has 0 N–H and O–H groups in total. The third kappa shape index (κ3) is 2.68. The Labute approximate surface area is 147 Å². The van der Waals surface area contributed by atoms with Crippen LogP contribution in [0.15, 0.2) is 83.9 Å². The predicted molar refractivity (Wildman–Crippen MR) is 99.6 cm³/mol. The molecule has 0 aliphatic carbocycles. The highest BCUT2D eigenvalue weighted by Crippen LogP contribution is 2.43. The molecule has 1 aliphatic heterocycles. The van der Waals surface area contributed by atoms with Crippen molar-refractivity contribution in [3.63, 3.8) is 0 Å². The topological polar surface area (TPSA) is 30.8 Å². The molecule has 4 rings (SSSR count). The van der Waals surface area contributed by atoms with E-state index in [9.17, 15) is 0 Å². The summed E-state index contributed by atoms with van der Waals surface area (Å²) < 4.78 is 11.8. The number of benzene rings is 3. The Morgan fingerprint density at radius 2 is 1.56 bits per heavy atom. The Hall–Kier alpha value is -3.07. The fraction of sp³-hybridized carbons (Fsp3) is 0.136. The van der Waals surface area contributed by atoms with Crippen LogP contribution in [0.5, 0.6) is 5.75 Å². The number of aliphatic imine (C=N–C) groups is 1. The van der Waals surface area contributed by atoms with Crippen molar-refractivity contribution in [2.75, 3.05) is 7.11 Å². The van der Waals surface area contributed by atoms with Gasteiger partial charge in [0.1, 0.15) is 5.75 Å². The maximum Gasteiger partial charge on any atom is 0.222 e. The van der Waals surface area contributed by atoms with Crippen LogP contribution in [0.2, 0.25) is 0 Å². The second kappa shape index (κ2) is 6.10. The predicted octanol–water partition coefficient (Wildman–Crippen LogP) is 5.07. The molecule has 3 heteroatoms. The van der Waals surface area contributed by atoms with Crippen LogP contribution in [0.3, 0.4) is 0 Å². The summed E-state index contributed by atoms with van der Waals surface area (Å²) >= 11 is 0. The largest absolute Gasteiger partial charge is 0.497 e. The van der Waals surface area contributed by atoms with Gasteiger partial charge in [-0.3, -0.25) is 0 Å². The minimum atomic E-state index is -0.598. The Kier molecular flexibility index (Phi) is 3.77. The van der Waals surface area contributed by atoms with Crippen molar-refractivity contribution in [3.05, 3.63) is 95.6 Å². The molecule has 0 spiro atoms. The second-order valence-corrected chi connectivity index (χ2v) is 6.17. The molecule has 3 aromatic rings. The fourth-order valence-corrected chi connectivity index (χ4v) is 3.21. The van der Waals surface area contributed by atoms with Gasteiger partial charge in [-0.1, -0.05) is 48.5 Å². The molecule has 1 heterocycles. The van der Waals surface area contributed by atoms with Gasteiger partial charge in [0, 0.05) is 11.1 Å². The molecule has 1 aliphatic rings. The summed E-state index contributed by atoms with van der Waals surface area (Å²) in [7, 11) is 1.68. The molecule has 0 radical (unpaired) electrons. The fourth-order valence-electron chi connectivity index (χ4n) is 3.21. The van der Waals surface area contributed by atoms with Gasteiger partial charge in [0.15, 0.2) is 5.60 Å². The Balaban J connectivity index is 1.89. The molecular formula is C22H19NO2. The summed E-state index contributed by atoms with van der Waals surface area (Å²) in [5.41, 5.74) is 3.42. The second-order valence-electron chi connectivity index (χ2n) is 6.17. The molecule has 0 fully saturated rings. The molecule has 0 aromatic heterocycles. The normalized spacial score (nSPS) is 20.2. The van der Waals surface area contributed by atoms with Gasteiger partial charge in [-0.25, -0.2) is 4.99 Å². The highest BCUT2D eigenvalue weighted by Gasteiger charge is 2.42. The smallest absolute Gasteiger partial charge is 0.222 e. The molecule has 0 amide bonds. The average molecular weight is 329 g/mol. The average Bonchev–Trinajstić information content (AvgIpc) is 2.96. The van der Waals surface area contributed by atoms with E-state index in [0.29, 0.717) is 5.90 Å². The minimum Gasteiger partial charge on any atom is -0.497 e. The van der Waals surface area contributed by atoms with Crippen LogP contribution >= 0.6 is 0 Å². The highest BCUT2D eigenvalue weighted by molar-refractivity contribution is 6.01. The minimum absolute atomic E-state index is 0.598. The van der Waals surface area contributed by atoms with E-state index in [4.69, 9.17) is 14.5 Å². The summed E-state index contributed by atoms with van der Waals surface area (Å²) in [4.78, 5) is 4.73. The van der Waals surface area contributed by atoms with E-state index in [-0.39, 0.29) is 0 Å². The van der Waals surface area contributed by atoms with Crippen molar-refractivity contribution < 1.29 is 9.47 Å². The lowest BCUT2D eigenvalue weighted by Crippen LogP contribution is -2.23. The van der Waals surface area contributed by atoms with Crippen LogP contribution in [0.4, 0.5) is 5.69 Å². The number of hydrogen-bond acceptors (Lipinski definition) is 3. The first kappa shape index (κ1) is 15.5. The third-order valence-electron chi connectivity index (χ3n) is 4.58. The molecule has 0 saturated carbocycles. The van der Waals surface area contributed by atoms with E-state index >= 15 is 0 Å². The van der Waals surface area contributed by atoms with E-state index in [0.717, 1.165) is 28.1 Å². The zero-order valence-corrected chi connectivity index (χ0v) is 14.3. The summed E-state index contributed by atoms with van der Waals surface area (Å²) in [5, 5.41) is 0. The first-order chi connectivity index (χ1) is 12.2. The van der Waals surface area contributed by atoms with Gasteiger partial charge >= 0.3 is 0 Å². The monoisotopic (exact) mass is 329 g/mol. The van der Waals surface area contributed by atoms with Crippen molar-refractivity contribution in [1.82, 2.24) is 0 Å². The van der Waals surface area contributed by atoms with Crippen LogP contribution in [-0.4, -0.2) is 13.0 Å². The van der Waals surface area contributed by atoms with E-state index in [1.807, 2.05) is 66.7 Å². The van der Waals surface area contributed by atoms with Gasteiger partial charge in [-0.15, -0.1) is 0 Å². The molecular weight excluding hydrogens is 310 g/mol.